The van der Waals surface area contributed by atoms with Crippen molar-refractivity contribution in [1.29, 1.82) is 0 Å². The fourth-order valence-corrected chi connectivity index (χ4v) is 0.212. The lowest BCUT2D eigenvalue weighted by Gasteiger charge is -2.21. The Morgan fingerprint density at radius 2 is 1.36 bits per heavy atom. The van der Waals surface area contributed by atoms with Crippen LogP contribution in [-0.2, 0) is 0 Å². The highest BCUT2D eigenvalue weighted by atomic mass is 35.5. The second-order valence-electron chi connectivity index (χ2n) is 2.38. The van der Waals surface area contributed by atoms with Crippen LogP contribution in [0.15, 0.2) is 0 Å². The monoisotopic (exact) mass is 226 g/mol. The van der Waals surface area contributed by atoms with Crippen molar-refractivity contribution < 1.29 is 5.11 Å². The molecule has 11 heavy (non-hydrogen) atoms. The summed E-state index contributed by atoms with van der Waals surface area (Å²) in [6, 6.07) is 0. The van der Waals surface area contributed by atoms with E-state index in [2.05, 4.69) is 0 Å². The van der Waals surface area contributed by atoms with E-state index in [1.165, 1.54) is 0 Å². The molecule has 0 aliphatic carbocycles. The zero-order chi connectivity index (χ0) is 6.62. The van der Waals surface area contributed by atoms with Crippen molar-refractivity contribution in [1.82, 2.24) is 0 Å². The Hall–Kier alpha value is 0.750. The first kappa shape index (κ1) is 22.6. The minimum atomic E-state index is -0.264. The second kappa shape index (κ2) is 10.8. The average molecular weight is 228 g/mol. The quantitative estimate of drug-likeness (QED) is 0.644. The van der Waals surface area contributed by atoms with Gasteiger partial charge in [0, 0.05) is 18.5 Å². The van der Waals surface area contributed by atoms with Gasteiger partial charge in [0.15, 0.2) is 0 Å². The van der Waals surface area contributed by atoms with E-state index in [9.17, 15) is 0 Å². The normalized spacial score (nSPS) is 8.73. The molecule has 0 unspecified atom stereocenters. The summed E-state index contributed by atoms with van der Waals surface area (Å²) < 4.78 is 0. The van der Waals surface area contributed by atoms with Gasteiger partial charge >= 0.3 is 0 Å². The molecule has 0 atom stereocenters. The highest BCUT2D eigenvalue weighted by Crippen LogP contribution is 2.08. The molecule has 0 heterocycles. The van der Waals surface area contributed by atoms with Gasteiger partial charge in [-0.3, -0.25) is 0 Å². The molecule has 0 aromatic carbocycles. The molecule has 0 amide bonds. The zero-order valence-corrected chi connectivity index (χ0v) is 8.90. The number of rotatable bonds is 3. The molecule has 0 saturated heterocycles. The Kier molecular flexibility index (Phi) is 22.1. The van der Waals surface area contributed by atoms with E-state index in [-0.39, 0.29) is 49.2 Å². The van der Waals surface area contributed by atoms with Gasteiger partial charge in [-0.15, -0.1) is 37.2 Å². The van der Waals surface area contributed by atoms with Crippen LogP contribution in [0.1, 0.15) is 6.92 Å². The number of hydrogen-bond acceptors (Lipinski definition) is 3. The van der Waals surface area contributed by atoms with Crippen LogP contribution in [0.4, 0.5) is 0 Å². The molecule has 0 rings (SSSR count). The summed E-state index contributed by atoms with van der Waals surface area (Å²) in [5.74, 6) is 0. The van der Waals surface area contributed by atoms with Crippen molar-refractivity contribution >= 4 is 37.2 Å². The smallest absolute Gasteiger partial charge is 0.0508 e. The Morgan fingerprint density at radius 1 is 1.09 bits per heavy atom. The van der Waals surface area contributed by atoms with Crippen molar-refractivity contribution in [3.8, 4) is 0 Å². The predicted molar refractivity (Wildman–Crippen MR) is 55.0 cm³/mol. The van der Waals surface area contributed by atoms with Gasteiger partial charge in [-0.2, -0.15) is 0 Å². The van der Waals surface area contributed by atoms with Crippen LogP contribution in [0, 0.1) is 5.41 Å². The van der Waals surface area contributed by atoms with Crippen LogP contribution in [0.2, 0.25) is 0 Å². The first-order valence-electron chi connectivity index (χ1n) is 2.69. The third kappa shape index (κ3) is 8.66. The maximum absolute atomic E-state index is 8.63. The van der Waals surface area contributed by atoms with Gasteiger partial charge in [0.1, 0.15) is 0 Å². The van der Waals surface area contributed by atoms with Crippen LogP contribution in [-0.4, -0.2) is 24.8 Å². The molecular formula is C5H17Cl3N2O. The van der Waals surface area contributed by atoms with Crippen molar-refractivity contribution in [2.75, 3.05) is 19.7 Å². The van der Waals surface area contributed by atoms with Gasteiger partial charge < -0.3 is 16.6 Å². The maximum atomic E-state index is 8.63. The van der Waals surface area contributed by atoms with Crippen LogP contribution in [0.5, 0.6) is 0 Å². The summed E-state index contributed by atoms with van der Waals surface area (Å²) in [6.07, 6.45) is 0. The molecule has 0 aliphatic rings. The lowest BCUT2D eigenvalue weighted by atomic mass is 9.93. The number of halogens is 3. The predicted octanol–water partition coefficient (Wildman–Crippen LogP) is 0.168. The lowest BCUT2D eigenvalue weighted by molar-refractivity contribution is 0.157. The topological polar surface area (TPSA) is 72.3 Å². The van der Waals surface area contributed by atoms with Gasteiger partial charge in [0.2, 0.25) is 0 Å². The molecule has 0 radical (unpaired) electrons. The van der Waals surface area contributed by atoms with E-state index in [1.807, 2.05) is 6.92 Å². The fourth-order valence-electron chi connectivity index (χ4n) is 0.212. The SMILES string of the molecule is CC(CN)(CN)CO.Cl.Cl.Cl. The molecule has 5 N–H and O–H groups in total. The Bertz CT molecular complexity index is 62.5. The summed E-state index contributed by atoms with van der Waals surface area (Å²) in [4.78, 5) is 0. The van der Waals surface area contributed by atoms with Gasteiger partial charge in [0.05, 0.1) is 6.61 Å². The third-order valence-electron chi connectivity index (χ3n) is 1.37. The van der Waals surface area contributed by atoms with E-state index in [0.29, 0.717) is 13.1 Å². The number of nitrogens with two attached hydrogens (primary N) is 2. The van der Waals surface area contributed by atoms with E-state index in [1.54, 1.807) is 0 Å². The molecule has 0 spiro atoms. The maximum Gasteiger partial charge on any atom is 0.0508 e. The summed E-state index contributed by atoms with van der Waals surface area (Å²) in [5.41, 5.74) is 10.3. The Labute approximate surface area is 86.1 Å². The van der Waals surface area contributed by atoms with Crippen molar-refractivity contribution in [3.05, 3.63) is 0 Å². The van der Waals surface area contributed by atoms with E-state index >= 15 is 0 Å². The van der Waals surface area contributed by atoms with Gasteiger partial charge in [-0.05, 0) is 0 Å². The molecule has 3 nitrogen and oxygen atoms in total. The van der Waals surface area contributed by atoms with Crippen LogP contribution >= 0.6 is 37.2 Å². The molecule has 0 bridgehead atoms. The molecule has 0 aromatic rings. The van der Waals surface area contributed by atoms with Crippen molar-refractivity contribution in [2.45, 2.75) is 6.92 Å². The summed E-state index contributed by atoms with van der Waals surface area (Å²) >= 11 is 0. The van der Waals surface area contributed by atoms with Crippen LogP contribution in [0.25, 0.3) is 0 Å². The van der Waals surface area contributed by atoms with E-state index in [4.69, 9.17) is 16.6 Å². The molecule has 0 saturated carbocycles. The minimum Gasteiger partial charge on any atom is -0.396 e. The highest BCUT2D eigenvalue weighted by Gasteiger charge is 2.17. The number of hydrogen-bond donors (Lipinski definition) is 3. The number of aliphatic hydroxyl groups is 1. The first-order valence-corrected chi connectivity index (χ1v) is 2.69. The summed E-state index contributed by atoms with van der Waals surface area (Å²) in [6.45, 7) is 2.81. The average Bonchev–Trinajstić information content (AvgIpc) is 1.87. The lowest BCUT2D eigenvalue weighted by Crippen LogP contribution is -2.38. The van der Waals surface area contributed by atoms with E-state index < -0.39 is 0 Å². The van der Waals surface area contributed by atoms with Gasteiger partial charge in [-0.25, -0.2) is 0 Å². The minimum absolute atomic E-state index is 0. The Balaban J connectivity index is -0.0000000817. The first-order chi connectivity index (χ1) is 3.68. The summed E-state index contributed by atoms with van der Waals surface area (Å²) in [7, 11) is 0. The van der Waals surface area contributed by atoms with Crippen molar-refractivity contribution in [2.24, 2.45) is 16.9 Å². The molecule has 0 aromatic heterocycles. The zero-order valence-electron chi connectivity index (χ0n) is 6.45. The summed E-state index contributed by atoms with van der Waals surface area (Å²) in [5, 5.41) is 8.63. The molecular weight excluding hydrogens is 210 g/mol. The molecule has 6 heteroatoms. The van der Waals surface area contributed by atoms with Gasteiger partial charge in [-0.1, -0.05) is 6.92 Å². The second-order valence-corrected chi connectivity index (χ2v) is 2.38. The van der Waals surface area contributed by atoms with Crippen molar-refractivity contribution in [3.63, 3.8) is 0 Å². The Morgan fingerprint density at radius 3 is 1.36 bits per heavy atom. The third-order valence-corrected chi connectivity index (χ3v) is 1.37. The van der Waals surface area contributed by atoms with Crippen LogP contribution < -0.4 is 11.5 Å². The standard InChI is InChI=1S/C5H14N2O.3ClH/c1-5(2-6,3-7)4-8;;;/h8H,2-4,6-7H2,1H3;3*1H. The van der Waals surface area contributed by atoms with E-state index in [0.717, 1.165) is 0 Å². The molecule has 0 fully saturated rings. The fraction of sp³-hybridized carbons (Fsp3) is 1.00. The van der Waals surface area contributed by atoms with Crippen LogP contribution in [0.3, 0.4) is 0 Å². The largest absolute Gasteiger partial charge is 0.396 e. The highest BCUT2D eigenvalue weighted by molar-refractivity contribution is 5.86. The number of aliphatic hydroxyl groups excluding tert-OH is 1. The molecule has 0 aliphatic heterocycles. The molecule has 74 valence electrons. The van der Waals surface area contributed by atoms with Gasteiger partial charge in [0.25, 0.3) is 0 Å².